The van der Waals surface area contributed by atoms with Crippen molar-refractivity contribution in [3.63, 3.8) is 0 Å². The summed E-state index contributed by atoms with van der Waals surface area (Å²) in [5.41, 5.74) is -0.0557. The number of hydrogen-bond acceptors (Lipinski definition) is 4. The third-order valence-electron chi connectivity index (χ3n) is 10.3. The molecule has 11 unspecified atom stereocenters. The fourth-order valence-electron chi connectivity index (χ4n) is 8.80. The monoisotopic (exact) mass is 408 g/mol. The Labute approximate surface area is 174 Å². The highest BCUT2D eigenvalue weighted by molar-refractivity contribution is 5.66. The molecule has 5 nitrogen and oxygen atoms in total. The number of hydrogen-bond donors (Lipinski definition) is 4. The lowest BCUT2D eigenvalue weighted by Gasteiger charge is -2.63. The van der Waals surface area contributed by atoms with Crippen LogP contribution >= 0.6 is 0 Å². The van der Waals surface area contributed by atoms with Gasteiger partial charge in [-0.15, -0.1) is 0 Å². The van der Waals surface area contributed by atoms with Gasteiger partial charge in [0.05, 0.1) is 18.3 Å². The van der Waals surface area contributed by atoms with E-state index in [4.69, 9.17) is 5.11 Å². The molecule has 11 atom stereocenters. The third kappa shape index (κ3) is 3.27. The Hall–Kier alpha value is -0.650. The predicted molar refractivity (Wildman–Crippen MR) is 110 cm³/mol. The van der Waals surface area contributed by atoms with Crippen molar-refractivity contribution in [3.05, 3.63) is 0 Å². The molecule has 0 aromatic heterocycles. The maximum atomic E-state index is 11.3. The number of carboxylic acids is 1. The summed E-state index contributed by atoms with van der Waals surface area (Å²) >= 11 is 0. The van der Waals surface area contributed by atoms with Crippen molar-refractivity contribution in [2.24, 2.45) is 46.3 Å². The predicted octanol–water partition coefficient (Wildman–Crippen LogP) is 3.45. The van der Waals surface area contributed by atoms with Crippen LogP contribution in [-0.2, 0) is 4.79 Å². The van der Waals surface area contributed by atoms with Gasteiger partial charge in [0.15, 0.2) is 0 Å². The van der Waals surface area contributed by atoms with Crippen LogP contribution in [0.1, 0.15) is 78.6 Å². The molecule has 0 amide bonds. The van der Waals surface area contributed by atoms with E-state index in [0.29, 0.717) is 42.9 Å². The zero-order chi connectivity index (χ0) is 21.1. The maximum absolute atomic E-state index is 11.3. The van der Waals surface area contributed by atoms with Crippen molar-refractivity contribution < 1.29 is 25.2 Å². The maximum Gasteiger partial charge on any atom is 0.303 e. The summed E-state index contributed by atoms with van der Waals surface area (Å²) in [4.78, 5) is 11.1. The van der Waals surface area contributed by atoms with Gasteiger partial charge in [0.2, 0.25) is 0 Å². The Balaban J connectivity index is 1.58. The molecule has 166 valence electrons. The molecule has 4 aliphatic rings. The van der Waals surface area contributed by atoms with E-state index < -0.39 is 18.2 Å². The summed E-state index contributed by atoms with van der Waals surface area (Å²) in [5.74, 6) is 1.36. The molecule has 0 aromatic carbocycles. The smallest absolute Gasteiger partial charge is 0.303 e. The molecule has 4 saturated carbocycles. The van der Waals surface area contributed by atoms with Crippen LogP contribution < -0.4 is 0 Å². The molecule has 5 heteroatoms. The number of aliphatic hydroxyl groups excluding tert-OH is 3. The van der Waals surface area contributed by atoms with E-state index >= 15 is 0 Å². The fourth-order valence-corrected chi connectivity index (χ4v) is 8.80. The Morgan fingerprint density at radius 3 is 2.45 bits per heavy atom. The summed E-state index contributed by atoms with van der Waals surface area (Å²) in [6.07, 6.45) is 5.88. The Kier molecular flexibility index (Phi) is 5.57. The molecule has 0 saturated heterocycles. The molecule has 0 spiro atoms. The first kappa shape index (κ1) is 21.6. The highest BCUT2D eigenvalue weighted by Crippen LogP contribution is 2.68. The van der Waals surface area contributed by atoms with Crippen molar-refractivity contribution in [3.8, 4) is 0 Å². The first-order valence-corrected chi connectivity index (χ1v) is 11.8. The largest absolute Gasteiger partial charge is 0.481 e. The zero-order valence-corrected chi connectivity index (χ0v) is 18.3. The van der Waals surface area contributed by atoms with E-state index in [1.165, 1.54) is 0 Å². The number of aliphatic hydroxyl groups is 3. The molecular formula is C24H40O5. The summed E-state index contributed by atoms with van der Waals surface area (Å²) in [5, 5.41) is 41.6. The van der Waals surface area contributed by atoms with E-state index in [9.17, 15) is 20.1 Å². The van der Waals surface area contributed by atoms with Crippen LogP contribution in [0.15, 0.2) is 0 Å². The first-order chi connectivity index (χ1) is 13.6. The fraction of sp³-hybridized carbons (Fsp3) is 0.958. The molecule has 0 radical (unpaired) electrons. The normalized spacial score (nSPS) is 52.9. The lowest BCUT2D eigenvalue weighted by Crippen LogP contribution is -2.62. The first-order valence-electron chi connectivity index (χ1n) is 11.8. The summed E-state index contributed by atoms with van der Waals surface area (Å²) < 4.78 is 0. The standard InChI is InChI=1S/C24H40O5/c1-13(4-7-21(28)29)16-5-6-17-22-18(8-9-23(16,17)2)24(3)14(11-19(22)26)10-15(25)12-20(24)27/h13-20,22,25-27H,4-12H2,1-3H3,(H,28,29). The topological polar surface area (TPSA) is 98.0 Å². The van der Waals surface area contributed by atoms with Gasteiger partial charge in [-0.25, -0.2) is 0 Å². The number of aliphatic carboxylic acids is 1. The van der Waals surface area contributed by atoms with Crippen LogP contribution in [0.3, 0.4) is 0 Å². The van der Waals surface area contributed by atoms with Gasteiger partial charge in [-0.05, 0) is 97.7 Å². The molecule has 4 aliphatic carbocycles. The number of carboxylic acid groups (broad SMARTS) is 1. The highest BCUT2D eigenvalue weighted by Gasteiger charge is 2.64. The number of fused-ring (bicyclic) bond motifs is 5. The second-order valence-corrected chi connectivity index (χ2v) is 11.4. The van der Waals surface area contributed by atoms with Crippen molar-refractivity contribution in [1.82, 2.24) is 0 Å². The summed E-state index contributed by atoms with van der Waals surface area (Å²) in [6, 6.07) is 0. The van der Waals surface area contributed by atoms with Gasteiger partial charge in [-0.3, -0.25) is 4.79 Å². The van der Waals surface area contributed by atoms with Gasteiger partial charge < -0.3 is 20.4 Å². The lowest BCUT2D eigenvalue weighted by atomic mass is 9.43. The van der Waals surface area contributed by atoms with Gasteiger partial charge in [0, 0.05) is 6.42 Å². The summed E-state index contributed by atoms with van der Waals surface area (Å²) in [7, 11) is 0. The van der Waals surface area contributed by atoms with E-state index in [-0.39, 0.29) is 35.2 Å². The van der Waals surface area contributed by atoms with Gasteiger partial charge in [-0.2, -0.15) is 0 Å². The van der Waals surface area contributed by atoms with E-state index in [2.05, 4.69) is 20.8 Å². The third-order valence-corrected chi connectivity index (χ3v) is 10.3. The van der Waals surface area contributed by atoms with Crippen molar-refractivity contribution >= 4 is 5.97 Å². The second-order valence-electron chi connectivity index (χ2n) is 11.4. The minimum absolute atomic E-state index is 0.155. The van der Waals surface area contributed by atoms with Crippen molar-refractivity contribution in [2.75, 3.05) is 0 Å². The Bertz CT molecular complexity index is 637. The molecule has 4 rings (SSSR count). The van der Waals surface area contributed by atoms with Crippen molar-refractivity contribution in [1.29, 1.82) is 0 Å². The van der Waals surface area contributed by atoms with Crippen LogP contribution in [-0.4, -0.2) is 44.7 Å². The number of rotatable bonds is 4. The van der Waals surface area contributed by atoms with Crippen LogP contribution in [0, 0.1) is 46.3 Å². The molecule has 29 heavy (non-hydrogen) atoms. The van der Waals surface area contributed by atoms with Crippen molar-refractivity contribution in [2.45, 2.75) is 96.9 Å². The second kappa shape index (κ2) is 7.49. The average molecular weight is 409 g/mol. The van der Waals surface area contributed by atoms with Gasteiger partial charge in [0.25, 0.3) is 0 Å². The minimum Gasteiger partial charge on any atom is -0.481 e. The van der Waals surface area contributed by atoms with E-state index in [1.807, 2.05) is 0 Å². The Morgan fingerprint density at radius 2 is 1.76 bits per heavy atom. The zero-order valence-electron chi connectivity index (χ0n) is 18.3. The molecule has 0 heterocycles. The molecule has 0 aliphatic heterocycles. The molecule has 0 aromatic rings. The van der Waals surface area contributed by atoms with Crippen LogP contribution in [0.5, 0.6) is 0 Å². The van der Waals surface area contributed by atoms with Gasteiger partial charge in [0.1, 0.15) is 0 Å². The molecule has 4 fully saturated rings. The van der Waals surface area contributed by atoms with Crippen LogP contribution in [0.25, 0.3) is 0 Å². The lowest BCUT2D eigenvalue weighted by molar-refractivity contribution is -0.212. The Morgan fingerprint density at radius 1 is 1.03 bits per heavy atom. The van der Waals surface area contributed by atoms with Gasteiger partial charge >= 0.3 is 5.97 Å². The van der Waals surface area contributed by atoms with E-state index in [1.54, 1.807) is 0 Å². The minimum atomic E-state index is -0.713. The quantitative estimate of drug-likeness (QED) is 0.571. The molecule has 4 N–H and O–H groups in total. The average Bonchev–Trinajstić information content (AvgIpc) is 2.99. The van der Waals surface area contributed by atoms with Crippen LogP contribution in [0.4, 0.5) is 0 Å². The SMILES string of the molecule is CC(CCC(=O)O)C1CCC2C3C(O)CC4CC(O)CC(O)C4(C)C3CCC12C. The van der Waals surface area contributed by atoms with Crippen LogP contribution in [0.2, 0.25) is 0 Å². The number of carbonyl (C=O) groups is 1. The molecular weight excluding hydrogens is 368 g/mol. The van der Waals surface area contributed by atoms with E-state index in [0.717, 1.165) is 32.1 Å². The summed E-state index contributed by atoms with van der Waals surface area (Å²) in [6.45, 7) is 6.83. The van der Waals surface area contributed by atoms with Gasteiger partial charge in [-0.1, -0.05) is 20.8 Å². The highest BCUT2D eigenvalue weighted by atomic mass is 16.4. The molecule has 0 bridgehead atoms.